The minimum absolute atomic E-state index is 0. The fourth-order valence-corrected chi connectivity index (χ4v) is 2.00. The molecule has 0 saturated carbocycles. The number of unbranched alkanes of at least 4 members (excludes halogenated alkanes) is 1. The van der Waals surface area contributed by atoms with Crippen molar-refractivity contribution in [2.24, 2.45) is 0 Å². The maximum atomic E-state index is 2.46. The van der Waals surface area contributed by atoms with Crippen molar-refractivity contribution in [3.05, 3.63) is 24.3 Å². The van der Waals surface area contributed by atoms with Gasteiger partial charge in [0, 0.05) is 13.6 Å². The lowest BCUT2D eigenvalue weighted by Crippen LogP contribution is -2.28. The molecule has 15 heavy (non-hydrogen) atoms. The minimum atomic E-state index is 0. The first-order chi connectivity index (χ1) is 6.83. The second kappa shape index (κ2) is 5.01. The van der Waals surface area contributed by atoms with E-state index in [1.807, 2.05) is 0 Å². The van der Waals surface area contributed by atoms with Crippen molar-refractivity contribution in [3.63, 3.8) is 0 Å². The summed E-state index contributed by atoms with van der Waals surface area (Å²) < 4.78 is 0. The molecule has 0 spiro atoms. The Morgan fingerprint density at radius 2 is 1.87 bits per heavy atom. The van der Waals surface area contributed by atoms with Gasteiger partial charge >= 0.3 is 0 Å². The van der Waals surface area contributed by atoms with Gasteiger partial charge in [0.2, 0.25) is 0 Å². The molecule has 2 nitrogen and oxygen atoms in total. The van der Waals surface area contributed by atoms with Gasteiger partial charge in [0.1, 0.15) is 0 Å². The lowest BCUT2D eigenvalue weighted by atomic mass is 10.2. The van der Waals surface area contributed by atoms with Crippen LogP contribution < -0.4 is 9.80 Å². The van der Waals surface area contributed by atoms with Crippen LogP contribution in [0.4, 0.5) is 16.1 Å². The Labute approximate surface area is 90.9 Å². The lowest BCUT2D eigenvalue weighted by Gasteiger charge is -2.18. The van der Waals surface area contributed by atoms with Crippen LogP contribution in [-0.2, 0) is 0 Å². The van der Waals surface area contributed by atoms with Gasteiger partial charge in [-0.05, 0) is 18.6 Å². The second-order valence-electron chi connectivity index (χ2n) is 3.95. The van der Waals surface area contributed by atoms with Crippen LogP contribution in [0.1, 0.15) is 19.8 Å². The van der Waals surface area contributed by atoms with Crippen molar-refractivity contribution < 1.29 is 4.70 Å². The van der Waals surface area contributed by atoms with Gasteiger partial charge < -0.3 is 9.80 Å². The molecule has 0 bridgehead atoms. The summed E-state index contributed by atoms with van der Waals surface area (Å²) in [5, 5.41) is 0. The average Bonchev–Trinajstić information content (AvgIpc) is 2.54. The molecule has 0 fully saturated rings. The van der Waals surface area contributed by atoms with Crippen molar-refractivity contribution in [1.29, 1.82) is 0 Å². The molecular formula is C12H19FN2. The molecule has 1 aromatic rings. The van der Waals surface area contributed by atoms with Crippen molar-refractivity contribution in [3.8, 4) is 0 Å². The Morgan fingerprint density at radius 1 is 1.20 bits per heavy atom. The largest absolute Gasteiger partial charge is 0.355 e. The molecule has 1 heterocycles. The quantitative estimate of drug-likeness (QED) is 0.757. The Kier molecular flexibility index (Phi) is 3.95. The number of nitrogens with zero attached hydrogens (tertiary/aromatic N) is 2. The predicted octanol–water partition coefficient (Wildman–Crippen LogP) is 2.85. The number of benzene rings is 1. The highest BCUT2D eigenvalue weighted by atomic mass is 19.0. The number of fused-ring (bicyclic) bond motifs is 1. The number of para-hydroxylation sites is 2. The van der Waals surface area contributed by atoms with E-state index in [0.29, 0.717) is 0 Å². The first-order valence-corrected chi connectivity index (χ1v) is 5.38. The molecule has 0 atom stereocenters. The van der Waals surface area contributed by atoms with E-state index in [-0.39, 0.29) is 4.70 Å². The lowest BCUT2D eigenvalue weighted by molar-refractivity contribution is 0.730. The standard InChI is InChI=1S/C12H18N2.FH/c1-3-4-9-14-10-13(2)11-7-5-6-8-12(11)14;/h5-8H,3-4,9-10H2,1-2H3;1H. The summed E-state index contributed by atoms with van der Waals surface area (Å²) in [6, 6.07) is 8.64. The second-order valence-corrected chi connectivity index (χ2v) is 3.95. The SMILES string of the molecule is CCCCN1CN(C)c2ccccc21.F. The maximum absolute atomic E-state index is 2.46. The van der Waals surface area contributed by atoms with Crippen LogP contribution in [0.25, 0.3) is 0 Å². The minimum Gasteiger partial charge on any atom is -0.355 e. The summed E-state index contributed by atoms with van der Waals surface area (Å²) in [7, 11) is 2.16. The highest BCUT2D eigenvalue weighted by Gasteiger charge is 2.21. The molecule has 84 valence electrons. The van der Waals surface area contributed by atoms with Crippen LogP contribution in [0.3, 0.4) is 0 Å². The van der Waals surface area contributed by atoms with Crippen LogP contribution in [-0.4, -0.2) is 20.3 Å². The van der Waals surface area contributed by atoms with Gasteiger partial charge in [0.25, 0.3) is 0 Å². The zero-order valence-corrected chi connectivity index (χ0v) is 9.44. The normalized spacial score (nSPS) is 13.7. The third-order valence-electron chi connectivity index (χ3n) is 2.80. The molecule has 0 N–H and O–H groups in total. The van der Waals surface area contributed by atoms with Crippen LogP contribution in [0.5, 0.6) is 0 Å². The molecule has 1 aromatic carbocycles. The van der Waals surface area contributed by atoms with E-state index in [4.69, 9.17) is 0 Å². The van der Waals surface area contributed by atoms with Gasteiger partial charge in [0.15, 0.2) is 0 Å². The molecule has 2 rings (SSSR count). The zero-order chi connectivity index (χ0) is 9.97. The zero-order valence-electron chi connectivity index (χ0n) is 9.44. The number of rotatable bonds is 3. The fourth-order valence-electron chi connectivity index (χ4n) is 2.00. The third-order valence-corrected chi connectivity index (χ3v) is 2.80. The summed E-state index contributed by atoms with van der Waals surface area (Å²) in [5.74, 6) is 0. The highest BCUT2D eigenvalue weighted by molar-refractivity contribution is 5.75. The predicted molar refractivity (Wildman–Crippen MR) is 64.5 cm³/mol. The van der Waals surface area contributed by atoms with E-state index in [1.165, 1.54) is 30.8 Å². The van der Waals surface area contributed by atoms with Crippen LogP contribution in [0, 0.1) is 0 Å². The van der Waals surface area contributed by atoms with Crippen molar-refractivity contribution in [1.82, 2.24) is 0 Å². The molecule has 0 aliphatic carbocycles. The third kappa shape index (κ3) is 2.22. The molecule has 3 heteroatoms. The van der Waals surface area contributed by atoms with E-state index >= 15 is 0 Å². The van der Waals surface area contributed by atoms with Gasteiger partial charge in [-0.3, -0.25) is 4.70 Å². The maximum Gasteiger partial charge on any atom is 0.0901 e. The van der Waals surface area contributed by atoms with Gasteiger partial charge in [0.05, 0.1) is 18.0 Å². The number of anilines is 2. The van der Waals surface area contributed by atoms with Gasteiger partial charge in [-0.15, -0.1) is 0 Å². The van der Waals surface area contributed by atoms with Crippen molar-refractivity contribution in [2.75, 3.05) is 30.1 Å². The molecule has 0 radical (unpaired) electrons. The van der Waals surface area contributed by atoms with Crippen molar-refractivity contribution >= 4 is 11.4 Å². The molecular weight excluding hydrogens is 191 g/mol. The number of hydrogen-bond acceptors (Lipinski definition) is 2. The summed E-state index contributed by atoms with van der Waals surface area (Å²) in [6.07, 6.45) is 2.55. The van der Waals surface area contributed by atoms with Gasteiger partial charge in [-0.2, -0.15) is 0 Å². The van der Waals surface area contributed by atoms with E-state index < -0.39 is 0 Å². The Morgan fingerprint density at radius 3 is 2.53 bits per heavy atom. The molecule has 0 aromatic heterocycles. The first-order valence-electron chi connectivity index (χ1n) is 5.38. The fraction of sp³-hybridized carbons (Fsp3) is 0.500. The molecule has 0 unspecified atom stereocenters. The molecule has 1 aliphatic rings. The van der Waals surface area contributed by atoms with Crippen LogP contribution >= 0.6 is 0 Å². The van der Waals surface area contributed by atoms with Gasteiger partial charge in [-0.25, -0.2) is 0 Å². The first kappa shape index (κ1) is 11.8. The van der Waals surface area contributed by atoms with E-state index in [1.54, 1.807) is 0 Å². The van der Waals surface area contributed by atoms with Crippen molar-refractivity contribution in [2.45, 2.75) is 19.8 Å². The summed E-state index contributed by atoms with van der Waals surface area (Å²) in [4.78, 5) is 4.77. The van der Waals surface area contributed by atoms with Crippen LogP contribution in [0.2, 0.25) is 0 Å². The van der Waals surface area contributed by atoms with Crippen LogP contribution in [0.15, 0.2) is 24.3 Å². The van der Waals surface area contributed by atoms with Gasteiger partial charge in [-0.1, -0.05) is 25.5 Å². The monoisotopic (exact) mass is 210 g/mol. The van der Waals surface area contributed by atoms with E-state index in [9.17, 15) is 0 Å². The number of halogens is 1. The van der Waals surface area contributed by atoms with E-state index in [0.717, 1.165) is 6.67 Å². The summed E-state index contributed by atoms with van der Waals surface area (Å²) in [5.41, 5.74) is 2.76. The topological polar surface area (TPSA) is 6.48 Å². The molecule has 1 aliphatic heterocycles. The Balaban J connectivity index is 0.00000112. The highest BCUT2D eigenvalue weighted by Crippen LogP contribution is 2.34. The molecule has 0 amide bonds. The smallest absolute Gasteiger partial charge is 0.0901 e. The Hall–Kier alpha value is -1.25. The Bertz CT molecular complexity index is 314. The average molecular weight is 210 g/mol. The summed E-state index contributed by atoms with van der Waals surface area (Å²) in [6.45, 7) is 4.46. The number of hydrogen-bond donors (Lipinski definition) is 0. The molecule has 0 saturated heterocycles. The summed E-state index contributed by atoms with van der Waals surface area (Å²) >= 11 is 0. The van der Waals surface area contributed by atoms with E-state index in [2.05, 4.69) is 48.0 Å².